The molecule has 0 bridgehead atoms. The highest BCUT2D eigenvalue weighted by atomic mass is 35.5. The van der Waals surface area contributed by atoms with Gasteiger partial charge in [-0.3, -0.25) is 0 Å². The zero-order valence-electron chi connectivity index (χ0n) is 12.1. The molecule has 1 aliphatic carbocycles. The first-order chi connectivity index (χ1) is 8.47. The molecule has 0 aliphatic heterocycles. The molecule has 3 N–H and O–H groups in total. The minimum atomic E-state index is 0. The van der Waals surface area contributed by atoms with Gasteiger partial charge in [-0.05, 0) is 24.2 Å². The summed E-state index contributed by atoms with van der Waals surface area (Å²) in [4.78, 5) is 5.35. The van der Waals surface area contributed by atoms with Crippen molar-refractivity contribution in [2.75, 3.05) is 5.73 Å². The number of anilines is 1. The fraction of sp³-hybridized carbons (Fsp3) is 0.786. The minimum Gasteiger partial charge on any atom is -0.375 e. The number of aromatic nitrogens is 1. The molecule has 1 aliphatic rings. The van der Waals surface area contributed by atoms with Gasteiger partial charge >= 0.3 is 0 Å². The largest absolute Gasteiger partial charge is 0.375 e. The van der Waals surface area contributed by atoms with Gasteiger partial charge in [0.2, 0.25) is 0 Å². The van der Waals surface area contributed by atoms with Crippen molar-refractivity contribution in [3.05, 3.63) is 11.1 Å². The molecule has 1 aromatic rings. The van der Waals surface area contributed by atoms with E-state index in [1.807, 2.05) is 6.20 Å². The Hall–Kier alpha value is -0.320. The van der Waals surface area contributed by atoms with E-state index in [2.05, 4.69) is 31.1 Å². The number of nitrogens with two attached hydrogens (primary N) is 1. The van der Waals surface area contributed by atoms with Gasteiger partial charge in [-0.25, -0.2) is 4.98 Å². The van der Waals surface area contributed by atoms with Crippen molar-refractivity contribution in [3.63, 3.8) is 0 Å². The van der Waals surface area contributed by atoms with E-state index in [0.29, 0.717) is 16.6 Å². The Balaban J connectivity index is 0.00000180. The summed E-state index contributed by atoms with van der Waals surface area (Å²) >= 11 is 1.59. The highest BCUT2D eigenvalue weighted by molar-refractivity contribution is 7.15. The van der Waals surface area contributed by atoms with Crippen LogP contribution >= 0.6 is 23.7 Å². The third-order valence-corrected chi connectivity index (χ3v) is 4.81. The molecule has 0 radical (unpaired) electrons. The average molecular weight is 304 g/mol. The van der Waals surface area contributed by atoms with Crippen LogP contribution in [-0.4, -0.2) is 11.0 Å². The number of halogens is 1. The van der Waals surface area contributed by atoms with Gasteiger partial charge in [-0.1, -0.05) is 33.6 Å². The van der Waals surface area contributed by atoms with Gasteiger partial charge in [0.05, 0.1) is 0 Å². The topological polar surface area (TPSA) is 50.9 Å². The molecular formula is C14H26ClN3S. The lowest BCUT2D eigenvalue weighted by atomic mass is 9.69. The summed E-state index contributed by atoms with van der Waals surface area (Å²) in [6, 6.07) is 0.641. The van der Waals surface area contributed by atoms with E-state index in [0.717, 1.165) is 12.5 Å². The smallest absolute Gasteiger partial charge is 0.180 e. The Morgan fingerprint density at radius 2 is 2.05 bits per heavy atom. The normalized spacial score (nSPS) is 23.9. The molecule has 1 heterocycles. The SMILES string of the molecule is CC(C)(C)C1CCCCC1NCc1cnc(N)s1.Cl. The van der Waals surface area contributed by atoms with E-state index in [1.54, 1.807) is 11.3 Å². The van der Waals surface area contributed by atoms with Crippen LogP contribution in [0.5, 0.6) is 0 Å². The second-order valence-electron chi connectivity index (χ2n) is 6.41. The third kappa shape index (κ3) is 4.62. The van der Waals surface area contributed by atoms with Crippen LogP contribution in [0.1, 0.15) is 51.3 Å². The van der Waals surface area contributed by atoms with E-state index in [9.17, 15) is 0 Å². The van der Waals surface area contributed by atoms with Crippen molar-refractivity contribution in [1.29, 1.82) is 0 Å². The molecule has 1 aromatic heterocycles. The Labute approximate surface area is 126 Å². The number of rotatable bonds is 3. The quantitative estimate of drug-likeness (QED) is 0.892. The second-order valence-corrected chi connectivity index (χ2v) is 7.56. The summed E-state index contributed by atoms with van der Waals surface area (Å²) in [6.45, 7) is 8.00. The number of hydrogen-bond donors (Lipinski definition) is 2. The highest BCUT2D eigenvalue weighted by Crippen LogP contribution is 2.38. The zero-order valence-corrected chi connectivity index (χ0v) is 13.7. The second kappa shape index (κ2) is 6.91. The van der Waals surface area contributed by atoms with E-state index in [-0.39, 0.29) is 12.4 Å². The monoisotopic (exact) mass is 303 g/mol. The molecule has 110 valence electrons. The summed E-state index contributed by atoms with van der Waals surface area (Å²) in [5, 5.41) is 4.39. The van der Waals surface area contributed by atoms with Gasteiger partial charge in [0.15, 0.2) is 5.13 Å². The Morgan fingerprint density at radius 1 is 1.37 bits per heavy atom. The van der Waals surface area contributed by atoms with Gasteiger partial charge in [0.25, 0.3) is 0 Å². The zero-order chi connectivity index (χ0) is 13.2. The van der Waals surface area contributed by atoms with Crippen LogP contribution in [0.3, 0.4) is 0 Å². The highest BCUT2D eigenvalue weighted by Gasteiger charge is 2.33. The summed E-state index contributed by atoms with van der Waals surface area (Å²) in [5.41, 5.74) is 6.06. The first-order valence-electron chi connectivity index (χ1n) is 6.90. The standard InChI is InChI=1S/C14H25N3S.ClH/c1-14(2,3)11-6-4-5-7-12(11)16-8-10-9-17-13(15)18-10;/h9,11-12,16H,4-8H2,1-3H3,(H2,15,17);1H. The molecule has 2 rings (SSSR count). The van der Waals surface area contributed by atoms with Crippen molar-refractivity contribution < 1.29 is 0 Å². The van der Waals surface area contributed by atoms with Crippen molar-refractivity contribution >= 4 is 28.9 Å². The summed E-state index contributed by atoms with van der Waals surface area (Å²) in [7, 11) is 0. The number of nitrogens with one attached hydrogen (secondary N) is 1. The van der Waals surface area contributed by atoms with E-state index >= 15 is 0 Å². The molecular weight excluding hydrogens is 278 g/mol. The Kier molecular flexibility index (Phi) is 6.09. The van der Waals surface area contributed by atoms with Crippen molar-refractivity contribution in [1.82, 2.24) is 10.3 Å². The molecule has 0 aromatic carbocycles. The van der Waals surface area contributed by atoms with Gasteiger partial charge in [0, 0.05) is 23.7 Å². The van der Waals surface area contributed by atoms with Gasteiger partial charge in [-0.2, -0.15) is 0 Å². The van der Waals surface area contributed by atoms with Crippen LogP contribution in [0.25, 0.3) is 0 Å². The fourth-order valence-corrected chi connectivity index (χ4v) is 3.68. The van der Waals surface area contributed by atoms with Gasteiger partial charge < -0.3 is 11.1 Å². The van der Waals surface area contributed by atoms with Crippen LogP contribution in [0.4, 0.5) is 5.13 Å². The maximum Gasteiger partial charge on any atom is 0.180 e. The van der Waals surface area contributed by atoms with Crippen LogP contribution in [0.2, 0.25) is 0 Å². The van der Waals surface area contributed by atoms with E-state index in [4.69, 9.17) is 5.73 Å². The molecule has 1 saturated carbocycles. The van der Waals surface area contributed by atoms with Crippen LogP contribution < -0.4 is 11.1 Å². The number of thiazole rings is 1. The maximum absolute atomic E-state index is 5.66. The molecule has 2 atom stereocenters. The number of hydrogen-bond acceptors (Lipinski definition) is 4. The molecule has 2 unspecified atom stereocenters. The van der Waals surface area contributed by atoms with Crippen molar-refractivity contribution in [2.45, 2.75) is 59.0 Å². The van der Waals surface area contributed by atoms with Crippen LogP contribution in [0.15, 0.2) is 6.20 Å². The molecule has 1 fully saturated rings. The molecule has 0 saturated heterocycles. The molecule has 3 nitrogen and oxygen atoms in total. The number of nitrogens with zero attached hydrogens (tertiary/aromatic N) is 1. The lowest BCUT2D eigenvalue weighted by Crippen LogP contribution is -2.43. The fourth-order valence-electron chi connectivity index (χ4n) is 3.05. The number of nitrogen functional groups attached to an aromatic ring is 1. The first kappa shape index (κ1) is 16.7. The van der Waals surface area contributed by atoms with E-state index < -0.39 is 0 Å². The van der Waals surface area contributed by atoms with E-state index in [1.165, 1.54) is 30.6 Å². The van der Waals surface area contributed by atoms with Gasteiger partial charge in [0.1, 0.15) is 0 Å². The molecule has 5 heteroatoms. The van der Waals surface area contributed by atoms with Crippen LogP contribution in [-0.2, 0) is 6.54 Å². The first-order valence-corrected chi connectivity index (χ1v) is 7.72. The van der Waals surface area contributed by atoms with Crippen molar-refractivity contribution in [2.24, 2.45) is 11.3 Å². The molecule has 0 spiro atoms. The summed E-state index contributed by atoms with van der Waals surface area (Å²) in [6.07, 6.45) is 7.28. The summed E-state index contributed by atoms with van der Waals surface area (Å²) < 4.78 is 0. The minimum absolute atomic E-state index is 0. The lowest BCUT2D eigenvalue weighted by Gasteiger charge is -2.41. The predicted octanol–water partition coefficient (Wildman–Crippen LogP) is 3.84. The third-order valence-electron chi connectivity index (χ3n) is 3.99. The van der Waals surface area contributed by atoms with Gasteiger partial charge in [-0.15, -0.1) is 23.7 Å². The Bertz CT molecular complexity index is 386. The average Bonchev–Trinajstić information content (AvgIpc) is 2.72. The Morgan fingerprint density at radius 3 is 2.63 bits per heavy atom. The lowest BCUT2D eigenvalue weighted by molar-refractivity contribution is 0.130. The molecule has 0 amide bonds. The molecule has 19 heavy (non-hydrogen) atoms. The maximum atomic E-state index is 5.66. The van der Waals surface area contributed by atoms with Crippen molar-refractivity contribution in [3.8, 4) is 0 Å². The summed E-state index contributed by atoms with van der Waals surface area (Å²) in [5.74, 6) is 0.775. The predicted molar refractivity (Wildman–Crippen MR) is 85.8 cm³/mol. The van der Waals surface area contributed by atoms with Crippen LogP contribution in [0, 0.1) is 11.3 Å².